The Balaban J connectivity index is 0.000000310. The van der Waals surface area contributed by atoms with Crippen LogP contribution in [0.1, 0.15) is 5.56 Å². The fourth-order valence-electron chi connectivity index (χ4n) is 2.88. The lowest BCUT2D eigenvalue weighted by molar-refractivity contribution is -0.117. The van der Waals surface area contributed by atoms with Crippen molar-refractivity contribution in [3.63, 3.8) is 0 Å². The van der Waals surface area contributed by atoms with E-state index in [9.17, 15) is 9.59 Å². The van der Waals surface area contributed by atoms with E-state index in [2.05, 4.69) is 44.8 Å². The molecule has 30 heavy (non-hydrogen) atoms. The maximum absolute atomic E-state index is 10.1. The molecule has 2 aromatic rings. The zero-order chi connectivity index (χ0) is 21.2. The van der Waals surface area contributed by atoms with E-state index in [0.717, 1.165) is 48.7 Å². The zero-order valence-electron chi connectivity index (χ0n) is 16.9. The van der Waals surface area contributed by atoms with Gasteiger partial charge in [-0.15, -0.1) is 11.8 Å². The Labute approximate surface area is 185 Å². The molecular weight excluding hydrogens is 420 g/mol. The van der Waals surface area contributed by atoms with Gasteiger partial charge >= 0.3 is 0 Å². The van der Waals surface area contributed by atoms with E-state index < -0.39 is 0 Å². The molecule has 2 saturated heterocycles. The molecule has 3 heterocycles. The van der Waals surface area contributed by atoms with E-state index >= 15 is 0 Å². The third kappa shape index (κ3) is 7.55. The number of hydrogen-bond acceptors (Lipinski definition) is 8. The van der Waals surface area contributed by atoms with Crippen LogP contribution in [-0.4, -0.2) is 59.8 Å². The van der Waals surface area contributed by atoms with Crippen LogP contribution in [0, 0.1) is 0 Å². The Morgan fingerprint density at radius 3 is 2.60 bits per heavy atom. The maximum Gasteiger partial charge on any atom is 0.286 e. The van der Waals surface area contributed by atoms with Gasteiger partial charge in [0, 0.05) is 30.9 Å². The van der Waals surface area contributed by atoms with Gasteiger partial charge in [0.05, 0.1) is 12.3 Å². The molecule has 2 fully saturated rings. The number of nitrogens with zero attached hydrogens (tertiary/aromatic N) is 2. The summed E-state index contributed by atoms with van der Waals surface area (Å²) < 4.78 is 5.84. The summed E-state index contributed by atoms with van der Waals surface area (Å²) in [6.07, 6.45) is 2.93. The average Bonchev–Trinajstić information content (AvgIpc) is 3.41. The summed E-state index contributed by atoms with van der Waals surface area (Å²) in [5, 5.41) is 5.96. The normalized spacial score (nSPS) is 17.8. The highest BCUT2D eigenvalue weighted by Gasteiger charge is 2.17. The first kappa shape index (κ1) is 22.5. The summed E-state index contributed by atoms with van der Waals surface area (Å²) in [7, 11) is 2.03. The van der Waals surface area contributed by atoms with Gasteiger partial charge in [-0.25, -0.2) is 4.98 Å². The van der Waals surface area contributed by atoms with Crippen molar-refractivity contribution in [2.45, 2.75) is 11.7 Å². The van der Waals surface area contributed by atoms with Crippen molar-refractivity contribution in [2.75, 3.05) is 43.3 Å². The third-order valence-corrected chi connectivity index (χ3v) is 6.44. The van der Waals surface area contributed by atoms with E-state index in [4.69, 9.17) is 4.74 Å². The van der Waals surface area contributed by atoms with Crippen LogP contribution >= 0.6 is 23.5 Å². The molecule has 1 unspecified atom stereocenters. The van der Waals surface area contributed by atoms with Gasteiger partial charge in [-0.2, -0.15) is 0 Å². The second kappa shape index (κ2) is 11.8. The Kier molecular flexibility index (Phi) is 8.85. The molecule has 2 N–H and O–H groups in total. The number of anilines is 1. The standard InChI is InChI=1S/C18H23N3OS.C3H3NO2S/c1-21(18-4-2-3-9-20-18)10-11-22-16-7-5-15(6-8-16)12-17-13-19-14-23-17;5-2-1-7-3(6)4-2/h2-9,17,19H,10-14H2,1H3;1H2,(H,4,5,6). The van der Waals surface area contributed by atoms with Crippen LogP contribution in [-0.2, 0) is 11.2 Å². The summed E-state index contributed by atoms with van der Waals surface area (Å²) in [5.41, 5.74) is 1.38. The number of pyridine rings is 1. The second-order valence-electron chi connectivity index (χ2n) is 6.82. The molecule has 1 aromatic heterocycles. The molecule has 0 bridgehead atoms. The molecule has 2 aliphatic rings. The van der Waals surface area contributed by atoms with Crippen LogP contribution in [0.25, 0.3) is 0 Å². The summed E-state index contributed by atoms with van der Waals surface area (Å²) in [5.74, 6) is 3.08. The minimum absolute atomic E-state index is 0.185. The summed E-state index contributed by atoms with van der Waals surface area (Å²) in [6.45, 7) is 2.57. The molecule has 9 heteroatoms. The van der Waals surface area contributed by atoms with Crippen LogP contribution in [0.2, 0.25) is 0 Å². The number of imide groups is 1. The predicted molar refractivity (Wildman–Crippen MR) is 123 cm³/mol. The van der Waals surface area contributed by atoms with Crippen molar-refractivity contribution in [1.82, 2.24) is 15.6 Å². The summed E-state index contributed by atoms with van der Waals surface area (Å²) in [4.78, 5) is 26.6. The summed E-state index contributed by atoms with van der Waals surface area (Å²) >= 11 is 3.01. The van der Waals surface area contributed by atoms with Crippen LogP contribution in [0.5, 0.6) is 5.75 Å². The minimum atomic E-state index is -0.231. The van der Waals surface area contributed by atoms with E-state index in [0.29, 0.717) is 17.6 Å². The van der Waals surface area contributed by atoms with Crippen molar-refractivity contribution in [3.8, 4) is 5.75 Å². The van der Waals surface area contributed by atoms with Gasteiger partial charge < -0.3 is 15.0 Å². The first-order valence-corrected chi connectivity index (χ1v) is 11.8. The van der Waals surface area contributed by atoms with Gasteiger partial charge in [0.15, 0.2) is 0 Å². The van der Waals surface area contributed by atoms with E-state index in [-0.39, 0.29) is 11.1 Å². The smallest absolute Gasteiger partial charge is 0.286 e. The molecule has 4 rings (SSSR count). The van der Waals surface area contributed by atoms with Crippen molar-refractivity contribution in [1.29, 1.82) is 0 Å². The monoisotopic (exact) mass is 446 g/mol. The Morgan fingerprint density at radius 1 is 1.20 bits per heavy atom. The van der Waals surface area contributed by atoms with Crippen LogP contribution in [0.4, 0.5) is 10.6 Å². The molecule has 2 aliphatic heterocycles. The highest BCUT2D eigenvalue weighted by Crippen LogP contribution is 2.21. The number of carbonyl (C=O) groups is 2. The van der Waals surface area contributed by atoms with Gasteiger partial charge in [0.1, 0.15) is 18.2 Å². The van der Waals surface area contributed by atoms with Crippen LogP contribution < -0.4 is 20.3 Å². The lowest BCUT2D eigenvalue weighted by Gasteiger charge is -2.18. The Bertz CT molecular complexity index is 801. The van der Waals surface area contributed by atoms with Crippen molar-refractivity contribution >= 4 is 40.5 Å². The number of aromatic nitrogens is 1. The first-order chi connectivity index (χ1) is 14.6. The summed E-state index contributed by atoms with van der Waals surface area (Å²) in [6, 6.07) is 14.4. The van der Waals surface area contributed by atoms with Crippen LogP contribution in [0.15, 0.2) is 48.7 Å². The number of benzene rings is 1. The third-order valence-electron chi connectivity index (χ3n) is 4.49. The molecule has 1 aromatic carbocycles. The maximum atomic E-state index is 10.1. The molecule has 0 saturated carbocycles. The van der Waals surface area contributed by atoms with E-state index in [1.165, 1.54) is 5.56 Å². The fraction of sp³-hybridized carbons (Fsp3) is 0.381. The number of rotatable bonds is 7. The van der Waals surface area contributed by atoms with Gasteiger partial charge in [-0.1, -0.05) is 30.0 Å². The second-order valence-corrected chi connectivity index (χ2v) is 9.05. The van der Waals surface area contributed by atoms with E-state index in [1.54, 1.807) is 0 Å². The molecule has 0 aliphatic carbocycles. The molecule has 1 atom stereocenters. The average molecular weight is 447 g/mol. The van der Waals surface area contributed by atoms with Crippen molar-refractivity contribution < 1.29 is 14.3 Å². The predicted octanol–water partition coefficient (Wildman–Crippen LogP) is 2.77. The van der Waals surface area contributed by atoms with Gasteiger partial charge in [0.25, 0.3) is 5.24 Å². The molecular formula is C21H26N4O3S2. The lowest BCUT2D eigenvalue weighted by Crippen LogP contribution is -2.24. The zero-order valence-corrected chi connectivity index (χ0v) is 18.5. The number of hydrogen-bond donors (Lipinski definition) is 2. The highest BCUT2D eigenvalue weighted by molar-refractivity contribution is 8.14. The lowest BCUT2D eigenvalue weighted by atomic mass is 10.1. The SMILES string of the molecule is CN(CCOc1ccc(CC2CNCS2)cc1)c1ccccn1.O=C1CSC(=O)N1. The van der Waals surface area contributed by atoms with Gasteiger partial charge in [-0.05, 0) is 36.2 Å². The molecule has 160 valence electrons. The van der Waals surface area contributed by atoms with Crippen LogP contribution in [0.3, 0.4) is 0 Å². The highest BCUT2D eigenvalue weighted by atomic mass is 32.2. The van der Waals surface area contributed by atoms with E-state index in [1.807, 2.05) is 43.2 Å². The van der Waals surface area contributed by atoms with Crippen molar-refractivity contribution in [3.05, 3.63) is 54.2 Å². The number of ether oxygens (including phenoxy) is 1. The molecule has 0 spiro atoms. The molecule has 0 radical (unpaired) electrons. The number of amides is 2. The minimum Gasteiger partial charge on any atom is -0.492 e. The Morgan fingerprint density at radius 2 is 2.03 bits per heavy atom. The fourth-order valence-corrected chi connectivity index (χ4v) is 4.42. The van der Waals surface area contributed by atoms with Gasteiger partial charge in [0.2, 0.25) is 5.91 Å². The molecule has 7 nitrogen and oxygen atoms in total. The quantitative estimate of drug-likeness (QED) is 0.672. The molecule has 2 amide bonds. The van der Waals surface area contributed by atoms with Gasteiger partial charge in [-0.3, -0.25) is 14.9 Å². The topological polar surface area (TPSA) is 83.6 Å². The number of thioether (sulfide) groups is 2. The largest absolute Gasteiger partial charge is 0.492 e. The number of carbonyl (C=O) groups excluding carboxylic acids is 2. The first-order valence-electron chi connectivity index (χ1n) is 9.73. The van der Waals surface area contributed by atoms with Crippen molar-refractivity contribution in [2.24, 2.45) is 0 Å². The number of likely N-dealkylation sites (N-methyl/N-ethyl adjacent to an activating group) is 1. The Hall–Kier alpha value is -2.23. The number of nitrogens with one attached hydrogen (secondary N) is 2.